The monoisotopic (exact) mass is 301 g/mol. The standard InChI is InChI=1S/C12H15NO4S2/c14-12(6-9-2-1-5-18-9)13-3-4-17-11-8-19(15,16)7-10(11)13/h1-2,5,10-11H,3-4,6-8H2. The highest BCUT2D eigenvalue weighted by Gasteiger charge is 2.45. The Morgan fingerprint density at radius 1 is 1.47 bits per heavy atom. The molecule has 2 unspecified atom stereocenters. The van der Waals surface area contributed by atoms with Gasteiger partial charge in [0.1, 0.15) is 0 Å². The molecular formula is C12H15NO4S2. The first-order valence-corrected chi connectivity index (χ1v) is 8.89. The quantitative estimate of drug-likeness (QED) is 0.789. The summed E-state index contributed by atoms with van der Waals surface area (Å²) in [5.41, 5.74) is 0. The molecular weight excluding hydrogens is 286 g/mol. The van der Waals surface area contributed by atoms with Crippen LogP contribution in [0.25, 0.3) is 0 Å². The average Bonchev–Trinajstić information content (AvgIpc) is 2.93. The van der Waals surface area contributed by atoms with Gasteiger partial charge in [0, 0.05) is 11.4 Å². The zero-order valence-electron chi connectivity index (χ0n) is 10.3. The third kappa shape index (κ3) is 2.68. The lowest BCUT2D eigenvalue weighted by molar-refractivity contribution is -0.141. The molecule has 2 aliphatic heterocycles. The topological polar surface area (TPSA) is 63.7 Å². The lowest BCUT2D eigenvalue weighted by Gasteiger charge is -2.36. The number of fused-ring (bicyclic) bond motifs is 1. The number of rotatable bonds is 2. The van der Waals surface area contributed by atoms with Gasteiger partial charge in [0.2, 0.25) is 5.91 Å². The van der Waals surface area contributed by atoms with Crippen LogP contribution in [0.15, 0.2) is 17.5 Å². The van der Waals surface area contributed by atoms with Crippen molar-refractivity contribution < 1.29 is 17.9 Å². The molecule has 3 heterocycles. The molecule has 0 aromatic carbocycles. The van der Waals surface area contributed by atoms with Crippen molar-refractivity contribution in [3.05, 3.63) is 22.4 Å². The van der Waals surface area contributed by atoms with E-state index in [1.807, 2.05) is 17.5 Å². The number of carbonyl (C=O) groups excluding carboxylic acids is 1. The molecule has 0 aliphatic carbocycles. The normalized spacial score (nSPS) is 29.2. The van der Waals surface area contributed by atoms with E-state index in [2.05, 4.69) is 0 Å². The van der Waals surface area contributed by atoms with Gasteiger partial charge in [-0.05, 0) is 11.4 Å². The van der Waals surface area contributed by atoms with Crippen molar-refractivity contribution in [2.75, 3.05) is 24.7 Å². The van der Waals surface area contributed by atoms with Gasteiger partial charge >= 0.3 is 0 Å². The van der Waals surface area contributed by atoms with Crippen LogP contribution in [0.4, 0.5) is 0 Å². The van der Waals surface area contributed by atoms with E-state index in [1.54, 1.807) is 16.2 Å². The third-order valence-corrected chi connectivity index (χ3v) is 6.12. The van der Waals surface area contributed by atoms with Gasteiger partial charge in [-0.15, -0.1) is 11.3 Å². The van der Waals surface area contributed by atoms with Crippen LogP contribution < -0.4 is 0 Å². The van der Waals surface area contributed by atoms with Crippen LogP contribution in [0.2, 0.25) is 0 Å². The Morgan fingerprint density at radius 2 is 2.32 bits per heavy atom. The minimum absolute atomic E-state index is 0.00199. The average molecular weight is 301 g/mol. The minimum Gasteiger partial charge on any atom is -0.373 e. The predicted molar refractivity (Wildman–Crippen MR) is 71.9 cm³/mol. The second kappa shape index (κ2) is 4.88. The van der Waals surface area contributed by atoms with Crippen LogP contribution in [0.5, 0.6) is 0 Å². The Kier molecular flexibility index (Phi) is 3.36. The number of hydrogen-bond acceptors (Lipinski definition) is 5. The summed E-state index contributed by atoms with van der Waals surface area (Å²) < 4.78 is 28.8. The largest absolute Gasteiger partial charge is 0.373 e. The molecule has 2 atom stereocenters. The van der Waals surface area contributed by atoms with Gasteiger partial charge in [0.05, 0.1) is 36.7 Å². The first-order valence-electron chi connectivity index (χ1n) is 6.19. The van der Waals surface area contributed by atoms with Gasteiger partial charge < -0.3 is 9.64 Å². The summed E-state index contributed by atoms with van der Waals surface area (Å²) in [7, 11) is -3.07. The number of sulfone groups is 1. The van der Waals surface area contributed by atoms with E-state index in [0.29, 0.717) is 19.6 Å². The second-order valence-corrected chi connectivity index (χ2v) is 8.08. The van der Waals surface area contributed by atoms with Crippen LogP contribution >= 0.6 is 11.3 Å². The van der Waals surface area contributed by atoms with Crippen molar-refractivity contribution >= 4 is 27.1 Å². The number of thiophene rings is 1. The Labute approximate surface area is 116 Å². The van der Waals surface area contributed by atoms with Gasteiger partial charge in [0.15, 0.2) is 9.84 Å². The Hall–Kier alpha value is -0.920. The minimum atomic E-state index is -3.07. The summed E-state index contributed by atoms with van der Waals surface area (Å²) in [6, 6.07) is 3.53. The lowest BCUT2D eigenvalue weighted by atomic mass is 10.1. The van der Waals surface area contributed by atoms with E-state index in [1.165, 1.54) is 0 Å². The van der Waals surface area contributed by atoms with E-state index >= 15 is 0 Å². The van der Waals surface area contributed by atoms with Crippen molar-refractivity contribution in [1.29, 1.82) is 0 Å². The summed E-state index contributed by atoms with van der Waals surface area (Å²) in [6.07, 6.45) is 0.00652. The Balaban J connectivity index is 1.75. The third-order valence-electron chi connectivity index (χ3n) is 3.56. The molecule has 7 heteroatoms. The van der Waals surface area contributed by atoms with Crippen LogP contribution in [0.3, 0.4) is 0 Å². The van der Waals surface area contributed by atoms with E-state index < -0.39 is 9.84 Å². The molecule has 0 bridgehead atoms. The fourth-order valence-corrected chi connectivity index (χ4v) is 5.25. The second-order valence-electron chi connectivity index (χ2n) is 4.90. The van der Waals surface area contributed by atoms with Gasteiger partial charge in [-0.1, -0.05) is 6.07 Å². The molecule has 1 aromatic rings. The zero-order valence-corrected chi connectivity index (χ0v) is 12.0. The van der Waals surface area contributed by atoms with E-state index in [-0.39, 0.29) is 29.6 Å². The van der Waals surface area contributed by atoms with Crippen LogP contribution in [0, 0.1) is 0 Å². The summed E-state index contributed by atoms with van der Waals surface area (Å²) in [5, 5.41) is 1.94. The Bertz CT molecular complexity index is 567. The van der Waals surface area contributed by atoms with E-state index in [4.69, 9.17) is 4.74 Å². The molecule has 1 aromatic heterocycles. The lowest BCUT2D eigenvalue weighted by Crippen LogP contribution is -2.53. The molecule has 0 N–H and O–H groups in total. The summed E-state index contributed by atoms with van der Waals surface area (Å²) in [4.78, 5) is 15.0. The van der Waals surface area contributed by atoms with Crippen molar-refractivity contribution in [3.63, 3.8) is 0 Å². The highest BCUT2D eigenvalue weighted by molar-refractivity contribution is 7.91. The summed E-state index contributed by atoms with van der Waals surface area (Å²) in [5.74, 6) is 0.0757. The fraction of sp³-hybridized carbons (Fsp3) is 0.583. The van der Waals surface area contributed by atoms with E-state index in [0.717, 1.165) is 4.88 Å². The smallest absolute Gasteiger partial charge is 0.228 e. The van der Waals surface area contributed by atoms with Crippen molar-refractivity contribution in [2.45, 2.75) is 18.6 Å². The number of ether oxygens (including phenoxy) is 1. The maximum absolute atomic E-state index is 12.3. The molecule has 5 nitrogen and oxygen atoms in total. The van der Waals surface area contributed by atoms with Gasteiger partial charge in [-0.3, -0.25) is 4.79 Å². The van der Waals surface area contributed by atoms with Crippen LogP contribution in [0.1, 0.15) is 4.88 Å². The van der Waals surface area contributed by atoms with Crippen molar-refractivity contribution in [1.82, 2.24) is 4.90 Å². The molecule has 0 saturated carbocycles. The number of carbonyl (C=O) groups is 1. The van der Waals surface area contributed by atoms with Crippen molar-refractivity contribution in [2.24, 2.45) is 0 Å². The first-order chi connectivity index (χ1) is 9.05. The molecule has 2 aliphatic rings. The first kappa shape index (κ1) is 13.1. The zero-order chi connectivity index (χ0) is 13.5. The summed E-state index contributed by atoms with van der Waals surface area (Å²) in [6.45, 7) is 0.910. The van der Waals surface area contributed by atoms with Gasteiger partial charge in [-0.25, -0.2) is 8.42 Å². The fourth-order valence-electron chi connectivity index (χ4n) is 2.69. The number of morpholine rings is 1. The maximum atomic E-state index is 12.3. The predicted octanol–water partition coefficient (Wildman–Crippen LogP) is 0.315. The number of hydrogen-bond donors (Lipinski definition) is 0. The highest BCUT2D eigenvalue weighted by Crippen LogP contribution is 2.25. The Morgan fingerprint density at radius 3 is 3.05 bits per heavy atom. The summed E-state index contributed by atoms with van der Waals surface area (Å²) >= 11 is 1.54. The van der Waals surface area contributed by atoms with Crippen LogP contribution in [-0.2, 0) is 25.8 Å². The molecule has 2 fully saturated rings. The molecule has 3 rings (SSSR count). The molecule has 0 spiro atoms. The molecule has 19 heavy (non-hydrogen) atoms. The molecule has 2 saturated heterocycles. The molecule has 0 radical (unpaired) electrons. The van der Waals surface area contributed by atoms with Gasteiger partial charge in [0.25, 0.3) is 0 Å². The maximum Gasteiger partial charge on any atom is 0.228 e. The van der Waals surface area contributed by atoms with Crippen molar-refractivity contribution in [3.8, 4) is 0 Å². The number of nitrogens with zero attached hydrogens (tertiary/aromatic N) is 1. The SMILES string of the molecule is O=C(Cc1cccs1)N1CCOC2CS(=O)(=O)CC21. The number of amides is 1. The highest BCUT2D eigenvalue weighted by atomic mass is 32.2. The molecule has 1 amide bonds. The molecule has 104 valence electrons. The van der Waals surface area contributed by atoms with E-state index in [9.17, 15) is 13.2 Å². The van der Waals surface area contributed by atoms with Gasteiger partial charge in [-0.2, -0.15) is 0 Å². The van der Waals surface area contributed by atoms with Crippen LogP contribution in [-0.4, -0.2) is 56.0 Å².